The van der Waals surface area contributed by atoms with E-state index in [-0.39, 0.29) is 23.5 Å². The Morgan fingerprint density at radius 1 is 1.67 bits per heavy atom. The van der Waals surface area contributed by atoms with Gasteiger partial charge in [-0.1, -0.05) is 11.6 Å². The monoisotopic (exact) mass is 228 g/mol. The van der Waals surface area contributed by atoms with Gasteiger partial charge in [0.1, 0.15) is 24.7 Å². The Labute approximate surface area is 91.0 Å². The summed E-state index contributed by atoms with van der Waals surface area (Å²) < 4.78 is 5.26. The van der Waals surface area contributed by atoms with Crippen molar-refractivity contribution in [2.24, 2.45) is 5.73 Å². The molecule has 0 radical (unpaired) electrons. The van der Waals surface area contributed by atoms with E-state index in [1.807, 2.05) is 0 Å². The number of likely N-dealkylation sites (N-methyl/N-ethyl adjacent to an activating group) is 1. The molecule has 1 amide bonds. The van der Waals surface area contributed by atoms with Gasteiger partial charge in [0.2, 0.25) is 11.8 Å². The molecule has 0 bridgehead atoms. The van der Waals surface area contributed by atoms with Gasteiger partial charge in [-0.3, -0.25) is 4.79 Å². The van der Waals surface area contributed by atoms with Crippen LogP contribution in [0, 0.1) is 0 Å². The molecule has 2 N–H and O–H groups in total. The Balaban J connectivity index is 2.53. The zero-order valence-electron chi connectivity index (χ0n) is 7.98. The van der Waals surface area contributed by atoms with E-state index in [0.717, 1.165) is 0 Å². The van der Waals surface area contributed by atoms with Gasteiger partial charge in [0.25, 0.3) is 0 Å². The number of carbonyl (C=O) groups is 1. The average Bonchev–Trinajstić information content (AvgIpc) is 2.32. The van der Waals surface area contributed by atoms with Gasteiger partial charge in [0, 0.05) is 7.05 Å². The van der Waals surface area contributed by atoms with Gasteiger partial charge in [0.05, 0.1) is 0 Å². The summed E-state index contributed by atoms with van der Waals surface area (Å²) in [4.78, 5) is 20.7. The molecule has 1 aromatic heterocycles. The number of rotatable bonds is 0. The average molecular weight is 229 g/mol. The minimum Gasteiger partial charge on any atom is -0.474 e. The molecule has 0 fully saturated rings. The molecule has 2 heterocycles. The van der Waals surface area contributed by atoms with Crippen molar-refractivity contribution in [2.45, 2.75) is 6.04 Å². The van der Waals surface area contributed by atoms with E-state index in [1.165, 1.54) is 11.2 Å². The number of ether oxygens (including phenoxy) is 1. The number of amides is 1. The Kier molecular flexibility index (Phi) is 2.45. The zero-order valence-corrected chi connectivity index (χ0v) is 8.73. The lowest BCUT2D eigenvalue weighted by molar-refractivity contribution is -0.119. The van der Waals surface area contributed by atoms with Gasteiger partial charge in [-0.2, -0.15) is 4.98 Å². The van der Waals surface area contributed by atoms with Gasteiger partial charge in [-0.25, -0.2) is 4.98 Å². The molecule has 0 spiro atoms. The van der Waals surface area contributed by atoms with Crippen molar-refractivity contribution in [2.75, 3.05) is 18.6 Å². The molecule has 7 heteroatoms. The summed E-state index contributed by atoms with van der Waals surface area (Å²) >= 11 is 5.86. The van der Waals surface area contributed by atoms with Crippen LogP contribution in [0.1, 0.15) is 0 Å². The van der Waals surface area contributed by atoms with E-state index in [2.05, 4.69) is 9.97 Å². The highest BCUT2D eigenvalue weighted by Crippen LogP contribution is 2.33. The summed E-state index contributed by atoms with van der Waals surface area (Å²) in [6.45, 7) is 0.0868. The molecule has 6 nitrogen and oxygen atoms in total. The molecular formula is C8H9ClN4O2. The van der Waals surface area contributed by atoms with Crippen LogP contribution in [0.4, 0.5) is 5.69 Å². The highest BCUT2D eigenvalue weighted by atomic mass is 35.5. The molecule has 0 unspecified atom stereocenters. The number of nitrogens with zero attached hydrogens (tertiary/aromatic N) is 3. The molecule has 1 aliphatic heterocycles. The number of aromatic nitrogens is 2. The minimum atomic E-state index is -0.708. The number of carbonyl (C=O) groups excluding carboxylic acids is 1. The van der Waals surface area contributed by atoms with Gasteiger partial charge >= 0.3 is 0 Å². The predicted molar refractivity (Wildman–Crippen MR) is 53.9 cm³/mol. The Morgan fingerprint density at radius 3 is 3.13 bits per heavy atom. The van der Waals surface area contributed by atoms with Crippen LogP contribution >= 0.6 is 11.6 Å². The van der Waals surface area contributed by atoms with Crippen LogP contribution < -0.4 is 15.4 Å². The summed E-state index contributed by atoms with van der Waals surface area (Å²) in [6, 6.07) is -0.708. The van der Waals surface area contributed by atoms with Crippen molar-refractivity contribution < 1.29 is 9.53 Å². The topological polar surface area (TPSA) is 81.3 Å². The van der Waals surface area contributed by atoms with Crippen molar-refractivity contribution >= 4 is 23.2 Å². The van der Waals surface area contributed by atoms with E-state index in [9.17, 15) is 4.79 Å². The lowest BCUT2D eigenvalue weighted by Gasteiger charge is -2.17. The maximum absolute atomic E-state index is 11.7. The molecule has 15 heavy (non-hydrogen) atoms. The Morgan fingerprint density at radius 2 is 2.40 bits per heavy atom. The second-order valence-corrected chi connectivity index (χ2v) is 3.49. The lowest BCUT2D eigenvalue weighted by atomic mass is 10.3. The van der Waals surface area contributed by atoms with Crippen LogP contribution in [0.3, 0.4) is 0 Å². The van der Waals surface area contributed by atoms with Gasteiger partial charge in [-0.05, 0) is 0 Å². The number of halogens is 1. The highest BCUT2D eigenvalue weighted by Gasteiger charge is 2.29. The van der Waals surface area contributed by atoms with Crippen LogP contribution in [0.2, 0.25) is 5.15 Å². The van der Waals surface area contributed by atoms with Gasteiger partial charge in [0.15, 0.2) is 5.15 Å². The molecule has 0 saturated carbocycles. The van der Waals surface area contributed by atoms with Crippen LogP contribution in [0.15, 0.2) is 6.33 Å². The molecular weight excluding hydrogens is 220 g/mol. The number of fused-ring (bicyclic) bond motifs is 1. The maximum atomic E-state index is 11.7. The summed E-state index contributed by atoms with van der Waals surface area (Å²) in [5.74, 6) is 0.00394. The van der Waals surface area contributed by atoms with E-state index >= 15 is 0 Å². The number of anilines is 1. The van der Waals surface area contributed by atoms with E-state index < -0.39 is 6.04 Å². The Bertz CT molecular complexity index is 412. The third-order valence-electron chi connectivity index (χ3n) is 2.13. The normalized spacial score (nSPS) is 20.6. The first-order chi connectivity index (χ1) is 7.11. The second kappa shape index (κ2) is 3.63. The summed E-state index contributed by atoms with van der Waals surface area (Å²) in [6.07, 6.45) is 1.27. The fourth-order valence-electron chi connectivity index (χ4n) is 1.33. The van der Waals surface area contributed by atoms with Crippen molar-refractivity contribution in [1.82, 2.24) is 9.97 Å². The van der Waals surface area contributed by atoms with E-state index in [1.54, 1.807) is 7.05 Å². The van der Waals surface area contributed by atoms with E-state index in [0.29, 0.717) is 5.69 Å². The fourth-order valence-corrected chi connectivity index (χ4v) is 1.58. The van der Waals surface area contributed by atoms with Crippen LogP contribution in [-0.4, -0.2) is 35.6 Å². The predicted octanol–water partition coefficient (Wildman–Crippen LogP) is -0.188. The third-order valence-corrected chi connectivity index (χ3v) is 2.40. The molecule has 0 aromatic carbocycles. The first-order valence-corrected chi connectivity index (χ1v) is 4.65. The van der Waals surface area contributed by atoms with Crippen molar-refractivity contribution in [1.29, 1.82) is 0 Å². The first-order valence-electron chi connectivity index (χ1n) is 4.27. The maximum Gasteiger partial charge on any atom is 0.247 e. The SMILES string of the molecule is CN1C(=O)[C@@H](N)COc2ncnc(Cl)c21. The van der Waals surface area contributed by atoms with Crippen LogP contribution in [0.25, 0.3) is 0 Å². The van der Waals surface area contributed by atoms with Gasteiger partial charge in [-0.15, -0.1) is 0 Å². The quantitative estimate of drug-likeness (QED) is 0.623. The third kappa shape index (κ3) is 1.62. The van der Waals surface area contributed by atoms with E-state index in [4.69, 9.17) is 22.1 Å². The zero-order chi connectivity index (χ0) is 11.0. The molecule has 80 valence electrons. The van der Waals surface area contributed by atoms with Crippen molar-refractivity contribution in [3.05, 3.63) is 11.5 Å². The smallest absolute Gasteiger partial charge is 0.247 e. The molecule has 2 rings (SSSR count). The lowest BCUT2D eigenvalue weighted by Crippen LogP contribution is -2.43. The first kappa shape index (κ1) is 10.1. The minimum absolute atomic E-state index is 0.0868. The van der Waals surface area contributed by atoms with Gasteiger partial charge < -0.3 is 15.4 Å². The van der Waals surface area contributed by atoms with Crippen LogP contribution in [0.5, 0.6) is 5.88 Å². The molecule has 1 aromatic rings. The largest absolute Gasteiger partial charge is 0.474 e. The summed E-state index contributed by atoms with van der Waals surface area (Å²) in [7, 11) is 1.56. The second-order valence-electron chi connectivity index (χ2n) is 3.13. The highest BCUT2D eigenvalue weighted by molar-refractivity contribution is 6.33. The standard InChI is InChI=1S/C8H9ClN4O2/c1-13-5-6(9)11-3-12-7(5)15-2-4(10)8(13)14/h3-4H,2,10H2,1H3/t4-/m0/s1. The van der Waals surface area contributed by atoms with Crippen molar-refractivity contribution in [3.63, 3.8) is 0 Å². The Hall–Kier alpha value is -1.40. The summed E-state index contributed by atoms with van der Waals surface area (Å²) in [5, 5.41) is 0.171. The summed E-state index contributed by atoms with van der Waals surface area (Å²) in [5.41, 5.74) is 5.95. The van der Waals surface area contributed by atoms with Crippen molar-refractivity contribution in [3.8, 4) is 5.88 Å². The molecule has 1 aliphatic rings. The number of hydrogen-bond acceptors (Lipinski definition) is 5. The molecule has 0 saturated heterocycles. The molecule has 0 aliphatic carbocycles. The number of nitrogens with two attached hydrogens (primary N) is 1. The molecule has 1 atom stereocenters. The van der Waals surface area contributed by atoms with Crippen LogP contribution in [-0.2, 0) is 4.79 Å². The fraction of sp³-hybridized carbons (Fsp3) is 0.375. The number of hydrogen-bond donors (Lipinski definition) is 1.